The van der Waals surface area contributed by atoms with Crippen molar-refractivity contribution < 1.29 is 10.0 Å². The lowest BCUT2D eigenvalue weighted by Crippen LogP contribution is -2.42. The van der Waals surface area contributed by atoms with Gasteiger partial charge in [0.1, 0.15) is 5.84 Å². The van der Waals surface area contributed by atoms with Gasteiger partial charge in [-0.25, -0.2) is 0 Å². The van der Waals surface area contributed by atoms with Gasteiger partial charge < -0.3 is 16.3 Å². The standard InChI is InChI=1S/C14H20N4O2/c1-8-6-7-10(9(2)16-8)14(19)17-12-5-3-4-11(12)13(15)18-20/h6-7,11-12,20H,3-5H2,1-2H3,(H2,15,18)(H,17,19). The highest BCUT2D eigenvalue weighted by Crippen LogP contribution is 2.26. The Hall–Kier alpha value is -2.11. The first-order valence-corrected chi connectivity index (χ1v) is 6.75. The van der Waals surface area contributed by atoms with Crippen LogP contribution in [0, 0.1) is 19.8 Å². The predicted molar refractivity (Wildman–Crippen MR) is 75.7 cm³/mol. The molecule has 20 heavy (non-hydrogen) atoms. The molecule has 6 heteroatoms. The number of amides is 1. The quantitative estimate of drug-likeness (QED) is 0.335. The van der Waals surface area contributed by atoms with Gasteiger partial charge in [0, 0.05) is 17.7 Å². The summed E-state index contributed by atoms with van der Waals surface area (Å²) in [5.41, 5.74) is 7.83. The predicted octanol–water partition coefficient (Wildman–Crippen LogP) is 1.34. The molecule has 0 saturated heterocycles. The Morgan fingerprint density at radius 1 is 1.45 bits per heavy atom. The number of carbonyl (C=O) groups excluding carboxylic acids is 1. The van der Waals surface area contributed by atoms with E-state index in [0.717, 1.165) is 25.0 Å². The first-order chi connectivity index (χ1) is 9.52. The molecule has 1 aromatic heterocycles. The van der Waals surface area contributed by atoms with E-state index in [4.69, 9.17) is 10.9 Å². The number of aryl methyl sites for hydroxylation is 2. The van der Waals surface area contributed by atoms with Crippen LogP contribution in [0.3, 0.4) is 0 Å². The van der Waals surface area contributed by atoms with Crippen molar-refractivity contribution in [3.63, 3.8) is 0 Å². The van der Waals surface area contributed by atoms with Gasteiger partial charge in [0.05, 0.1) is 11.3 Å². The summed E-state index contributed by atoms with van der Waals surface area (Å²) in [7, 11) is 0. The molecule has 1 amide bonds. The van der Waals surface area contributed by atoms with E-state index in [1.807, 2.05) is 19.9 Å². The smallest absolute Gasteiger partial charge is 0.253 e. The number of hydrogen-bond donors (Lipinski definition) is 3. The molecule has 1 aliphatic carbocycles. The maximum absolute atomic E-state index is 12.3. The Labute approximate surface area is 118 Å². The molecule has 0 spiro atoms. The van der Waals surface area contributed by atoms with Crippen LogP contribution in [0.4, 0.5) is 0 Å². The number of nitrogens with zero attached hydrogens (tertiary/aromatic N) is 2. The van der Waals surface area contributed by atoms with Gasteiger partial charge in [-0.05, 0) is 38.8 Å². The van der Waals surface area contributed by atoms with Crippen LogP contribution in [-0.2, 0) is 0 Å². The molecule has 4 N–H and O–H groups in total. The third kappa shape index (κ3) is 2.89. The van der Waals surface area contributed by atoms with Gasteiger partial charge in [-0.2, -0.15) is 0 Å². The largest absolute Gasteiger partial charge is 0.409 e. The minimum absolute atomic E-state index is 0.0842. The second-order valence-electron chi connectivity index (χ2n) is 5.23. The summed E-state index contributed by atoms with van der Waals surface area (Å²) in [6.45, 7) is 3.71. The van der Waals surface area contributed by atoms with Gasteiger partial charge in [0.2, 0.25) is 0 Å². The Morgan fingerprint density at radius 3 is 2.85 bits per heavy atom. The van der Waals surface area contributed by atoms with E-state index >= 15 is 0 Å². The van der Waals surface area contributed by atoms with E-state index in [0.29, 0.717) is 11.3 Å². The van der Waals surface area contributed by atoms with Crippen LogP contribution in [0.25, 0.3) is 0 Å². The number of hydrogen-bond acceptors (Lipinski definition) is 4. The highest BCUT2D eigenvalue weighted by atomic mass is 16.4. The van der Waals surface area contributed by atoms with Crippen LogP contribution in [0.5, 0.6) is 0 Å². The minimum Gasteiger partial charge on any atom is -0.409 e. The Bertz CT molecular complexity index is 542. The fourth-order valence-corrected chi connectivity index (χ4v) is 2.73. The molecule has 2 atom stereocenters. The van der Waals surface area contributed by atoms with Crippen LogP contribution >= 0.6 is 0 Å². The lowest BCUT2D eigenvalue weighted by molar-refractivity contribution is 0.0932. The van der Waals surface area contributed by atoms with E-state index in [2.05, 4.69) is 15.5 Å². The highest BCUT2D eigenvalue weighted by molar-refractivity contribution is 5.96. The summed E-state index contributed by atoms with van der Waals surface area (Å²) in [6.07, 6.45) is 2.62. The number of rotatable bonds is 3. The summed E-state index contributed by atoms with van der Waals surface area (Å²) in [5, 5.41) is 14.8. The normalized spacial score (nSPS) is 22.8. The monoisotopic (exact) mass is 276 g/mol. The summed E-state index contributed by atoms with van der Waals surface area (Å²) in [6, 6.07) is 3.51. The molecule has 6 nitrogen and oxygen atoms in total. The van der Waals surface area contributed by atoms with Gasteiger partial charge in [-0.15, -0.1) is 0 Å². The fraction of sp³-hybridized carbons (Fsp3) is 0.500. The Kier molecular flexibility index (Phi) is 4.22. The number of nitrogens with one attached hydrogen (secondary N) is 1. The Morgan fingerprint density at radius 2 is 2.20 bits per heavy atom. The minimum atomic E-state index is -0.155. The SMILES string of the molecule is Cc1ccc(C(=O)NC2CCCC2C(N)=NO)c(C)n1. The zero-order valence-electron chi connectivity index (χ0n) is 11.8. The molecule has 1 saturated carbocycles. The fourth-order valence-electron chi connectivity index (χ4n) is 2.73. The van der Waals surface area contributed by atoms with Crippen LogP contribution in [0.1, 0.15) is 41.0 Å². The highest BCUT2D eigenvalue weighted by Gasteiger charge is 2.32. The molecule has 2 rings (SSSR count). The molecule has 0 radical (unpaired) electrons. The number of amidine groups is 1. The first-order valence-electron chi connectivity index (χ1n) is 6.75. The van der Waals surface area contributed by atoms with Crippen LogP contribution in [0.15, 0.2) is 17.3 Å². The molecular formula is C14H20N4O2. The van der Waals surface area contributed by atoms with E-state index in [1.54, 1.807) is 6.07 Å². The van der Waals surface area contributed by atoms with Gasteiger partial charge in [-0.1, -0.05) is 11.6 Å². The summed E-state index contributed by atoms with van der Waals surface area (Å²) >= 11 is 0. The lowest BCUT2D eigenvalue weighted by atomic mass is 10.0. The average molecular weight is 276 g/mol. The van der Waals surface area contributed by atoms with Crippen molar-refractivity contribution in [3.8, 4) is 0 Å². The summed E-state index contributed by atoms with van der Waals surface area (Å²) < 4.78 is 0. The van der Waals surface area contributed by atoms with Gasteiger partial charge >= 0.3 is 0 Å². The van der Waals surface area contributed by atoms with E-state index in [9.17, 15) is 4.79 Å². The van der Waals surface area contributed by atoms with Crippen molar-refractivity contribution in [1.29, 1.82) is 0 Å². The van der Waals surface area contributed by atoms with Crippen LogP contribution in [0.2, 0.25) is 0 Å². The lowest BCUT2D eigenvalue weighted by Gasteiger charge is -2.20. The summed E-state index contributed by atoms with van der Waals surface area (Å²) in [4.78, 5) is 16.6. The molecule has 0 bridgehead atoms. The second kappa shape index (κ2) is 5.90. The van der Waals surface area contributed by atoms with Crippen molar-refractivity contribution in [2.75, 3.05) is 0 Å². The third-order valence-corrected chi connectivity index (χ3v) is 3.80. The molecule has 2 unspecified atom stereocenters. The van der Waals surface area contributed by atoms with E-state index in [-0.39, 0.29) is 23.7 Å². The zero-order valence-corrected chi connectivity index (χ0v) is 11.8. The van der Waals surface area contributed by atoms with Crippen LogP contribution < -0.4 is 11.1 Å². The number of aromatic nitrogens is 1. The van der Waals surface area contributed by atoms with Gasteiger partial charge in [0.15, 0.2) is 0 Å². The molecule has 108 valence electrons. The van der Waals surface area contributed by atoms with E-state index in [1.165, 1.54) is 0 Å². The maximum Gasteiger partial charge on any atom is 0.253 e. The molecule has 1 fully saturated rings. The number of nitrogens with two attached hydrogens (primary N) is 1. The van der Waals surface area contributed by atoms with E-state index < -0.39 is 0 Å². The number of carbonyl (C=O) groups is 1. The van der Waals surface area contributed by atoms with Crippen molar-refractivity contribution in [3.05, 3.63) is 29.1 Å². The maximum atomic E-state index is 12.3. The average Bonchev–Trinajstić information content (AvgIpc) is 2.85. The van der Waals surface area contributed by atoms with Crippen molar-refractivity contribution >= 4 is 11.7 Å². The molecule has 0 aromatic carbocycles. The third-order valence-electron chi connectivity index (χ3n) is 3.80. The molecule has 1 heterocycles. The summed E-state index contributed by atoms with van der Waals surface area (Å²) in [5.74, 6) is -0.0631. The van der Waals surface area contributed by atoms with Crippen molar-refractivity contribution in [2.24, 2.45) is 16.8 Å². The Balaban J connectivity index is 2.11. The zero-order chi connectivity index (χ0) is 14.7. The second-order valence-corrected chi connectivity index (χ2v) is 5.23. The van der Waals surface area contributed by atoms with Crippen LogP contribution in [-0.4, -0.2) is 28.0 Å². The molecule has 1 aliphatic rings. The topological polar surface area (TPSA) is 101 Å². The number of pyridine rings is 1. The number of oxime groups is 1. The van der Waals surface area contributed by atoms with Gasteiger partial charge in [0.25, 0.3) is 5.91 Å². The molecular weight excluding hydrogens is 256 g/mol. The molecule has 0 aliphatic heterocycles. The first kappa shape index (κ1) is 14.3. The molecule has 1 aromatic rings. The van der Waals surface area contributed by atoms with Crippen molar-refractivity contribution in [2.45, 2.75) is 39.2 Å². The van der Waals surface area contributed by atoms with Gasteiger partial charge in [-0.3, -0.25) is 9.78 Å². The van der Waals surface area contributed by atoms with Crippen molar-refractivity contribution in [1.82, 2.24) is 10.3 Å².